The van der Waals surface area contributed by atoms with Crippen molar-refractivity contribution in [1.82, 2.24) is 0 Å². The van der Waals surface area contributed by atoms with E-state index in [1.807, 2.05) is 26.0 Å². The van der Waals surface area contributed by atoms with E-state index >= 15 is 0 Å². The normalized spacial score (nSPS) is 10.5. The maximum absolute atomic E-state index is 12.0. The van der Waals surface area contributed by atoms with Gasteiger partial charge in [-0.1, -0.05) is 88.5 Å². The Labute approximate surface area is 197 Å². The molecule has 0 saturated carbocycles. The van der Waals surface area contributed by atoms with Crippen LogP contribution < -0.4 is 0 Å². The Bertz CT molecular complexity index is 1040. The number of carboxylic acid groups (broad SMARTS) is 2. The van der Waals surface area contributed by atoms with Crippen molar-refractivity contribution in [3.8, 4) is 23.7 Å². The van der Waals surface area contributed by atoms with Gasteiger partial charge in [0.25, 0.3) is 0 Å². The Balaban J connectivity index is 2.75. The zero-order valence-electron chi connectivity index (χ0n) is 19.9. The van der Waals surface area contributed by atoms with E-state index in [1.165, 1.54) is 0 Å². The number of benzene rings is 2. The molecule has 0 saturated heterocycles. The molecule has 0 aliphatic carbocycles. The minimum Gasteiger partial charge on any atom is -0.478 e. The summed E-state index contributed by atoms with van der Waals surface area (Å²) in [5.41, 5.74) is 1.99. The summed E-state index contributed by atoms with van der Waals surface area (Å²) in [7, 11) is 0. The lowest BCUT2D eigenvalue weighted by Gasteiger charge is -2.29. The second-order valence-corrected chi connectivity index (χ2v) is 8.50. The molecular weight excluding hydrogens is 412 g/mol. The van der Waals surface area contributed by atoms with E-state index in [0.29, 0.717) is 24.0 Å². The first kappa shape index (κ1) is 25.8. The Morgan fingerprint density at radius 2 is 1.15 bits per heavy atom. The monoisotopic (exact) mass is 444 g/mol. The lowest BCUT2D eigenvalue weighted by Crippen LogP contribution is -2.24. The van der Waals surface area contributed by atoms with Gasteiger partial charge in [0.15, 0.2) is 0 Å². The number of aromatic carboxylic acids is 2. The number of unbranched alkanes of at least 4 members (excludes halogenated alkanes) is 4. The first-order chi connectivity index (χ1) is 15.8. The van der Waals surface area contributed by atoms with Crippen LogP contribution in [-0.2, 0) is 5.41 Å². The molecule has 0 spiro atoms. The van der Waals surface area contributed by atoms with Crippen molar-refractivity contribution < 1.29 is 19.8 Å². The van der Waals surface area contributed by atoms with Crippen molar-refractivity contribution >= 4 is 11.9 Å². The van der Waals surface area contributed by atoms with Crippen LogP contribution in [0.2, 0.25) is 0 Å². The van der Waals surface area contributed by atoms with Crippen molar-refractivity contribution in [2.24, 2.45) is 0 Å². The van der Waals surface area contributed by atoms with Gasteiger partial charge in [0.05, 0.1) is 11.1 Å². The number of carboxylic acids is 2. The summed E-state index contributed by atoms with van der Waals surface area (Å²) >= 11 is 0. The van der Waals surface area contributed by atoms with Gasteiger partial charge in [-0.05, 0) is 36.1 Å². The number of carbonyl (C=O) groups is 2. The van der Waals surface area contributed by atoms with Gasteiger partial charge in [-0.25, -0.2) is 9.59 Å². The van der Waals surface area contributed by atoms with E-state index in [0.717, 1.165) is 36.8 Å². The predicted molar refractivity (Wildman–Crippen MR) is 132 cm³/mol. The number of hydrogen-bond acceptors (Lipinski definition) is 2. The minimum absolute atomic E-state index is 0.148. The van der Waals surface area contributed by atoms with Crippen LogP contribution in [0.25, 0.3) is 0 Å². The number of hydrogen-bond donors (Lipinski definition) is 2. The Morgan fingerprint density at radius 1 is 0.758 bits per heavy atom. The topological polar surface area (TPSA) is 74.6 Å². The lowest BCUT2D eigenvalue weighted by atomic mass is 9.73. The van der Waals surface area contributed by atoms with Crippen LogP contribution in [0.5, 0.6) is 0 Å². The Kier molecular flexibility index (Phi) is 9.31. The molecule has 2 rings (SSSR count). The van der Waals surface area contributed by atoms with Crippen LogP contribution in [0.15, 0.2) is 36.4 Å². The molecule has 0 radical (unpaired) electrons. The van der Waals surface area contributed by atoms with Gasteiger partial charge in [0, 0.05) is 29.4 Å². The smallest absolute Gasteiger partial charge is 0.336 e. The Morgan fingerprint density at radius 3 is 1.48 bits per heavy atom. The molecule has 0 aromatic heterocycles. The van der Waals surface area contributed by atoms with Crippen LogP contribution in [0, 0.1) is 23.7 Å². The Hall–Kier alpha value is -3.50. The van der Waals surface area contributed by atoms with Gasteiger partial charge >= 0.3 is 11.9 Å². The fourth-order valence-corrected chi connectivity index (χ4v) is 3.75. The van der Waals surface area contributed by atoms with E-state index in [-0.39, 0.29) is 11.1 Å². The van der Waals surface area contributed by atoms with Crippen LogP contribution in [0.3, 0.4) is 0 Å². The second-order valence-electron chi connectivity index (χ2n) is 8.50. The molecule has 2 aromatic rings. The highest BCUT2D eigenvalue weighted by Crippen LogP contribution is 2.37. The fraction of sp³-hybridized carbons (Fsp3) is 0.379. The summed E-state index contributed by atoms with van der Waals surface area (Å²) in [6, 6.07) is 10.3. The van der Waals surface area contributed by atoms with E-state index < -0.39 is 17.4 Å². The van der Waals surface area contributed by atoms with E-state index in [9.17, 15) is 19.8 Å². The molecule has 0 fully saturated rings. The quantitative estimate of drug-likeness (QED) is 0.360. The fourth-order valence-electron chi connectivity index (χ4n) is 3.75. The summed E-state index contributed by atoms with van der Waals surface area (Å²) in [5.74, 6) is 10.4. The van der Waals surface area contributed by atoms with Crippen molar-refractivity contribution in [3.05, 3.63) is 69.8 Å². The van der Waals surface area contributed by atoms with Crippen LogP contribution in [0.4, 0.5) is 0 Å². The van der Waals surface area contributed by atoms with Gasteiger partial charge in [0.2, 0.25) is 0 Å². The molecule has 0 aliphatic heterocycles. The molecule has 4 nitrogen and oxygen atoms in total. The molecule has 0 aliphatic rings. The highest BCUT2D eigenvalue weighted by Gasteiger charge is 2.31. The summed E-state index contributed by atoms with van der Waals surface area (Å²) in [6.45, 7) is 8.09. The van der Waals surface area contributed by atoms with E-state index in [2.05, 4.69) is 37.5 Å². The van der Waals surface area contributed by atoms with Crippen LogP contribution in [-0.4, -0.2) is 22.2 Å². The van der Waals surface area contributed by atoms with Crippen LogP contribution >= 0.6 is 0 Å². The third kappa shape index (κ3) is 6.27. The number of rotatable bonds is 8. The average Bonchev–Trinajstić information content (AvgIpc) is 2.79. The van der Waals surface area contributed by atoms with Gasteiger partial charge in [-0.3, -0.25) is 0 Å². The highest BCUT2D eigenvalue weighted by atomic mass is 16.4. The van der Waals surface area contributed by atoms with Crippen molar-refractivity contribution in [2.45, 2.75) is 71.6 Å². The average molecular weight is 445 g/mol. The largest absolute Gasteiger partial charge is 0.478 e. The molecule has 0 atom stereocenters. The van der Waals surface area contributed by atoms with Crippen molar-refractivity contribution in [1.29, 1.82) is 0 Å². The van der Waals surface area contributed by atoms with Crippen LogP contribution in [0.1, 0.15) is 109 Å². The molecular formula is C29H32O4. The van der Waals surface area contributed by atoms with E-state index in [1.54, 1.807) is 24.3 Å². The summed E-state index contributed by atoms with van der Waals surface area (Å²) < 4.78 is 0. The molecule has 0 bridgehead atoms. The maximum Gasteiger partial charge on any atom is 0.336 e. The van der Waals surface area contributed by atoms with Gasteiger partial charge in [-0.2, -0.15) is 0 Å². The maximum atomic E-state index is 12.0. The molecule has 0 heterocycles. The third-order valence-electron chi connectivity index (χ3n) is 5.67. The standard InChI is InChI=1S/C29H32O4/c1-5-7-9-11-15-21-23(27(30)31)17-13-19-25(21)29(3,4)26-20-14-18-24(28(32)33)22(26)16-12-10-8-6-2/h13-14,17-20H,5-10H2,1-4H3,(H,30,31)(H,32,33). The zero-order valence-corrected chi connectivity index (χ0v) is 19.9. The predicted octanol–water partition coefficient (Wildman–Crippen LogP) is 6.49. The molecule has 33 heavy (non-hydrogen) atoms. The molecule has 0 unspecified atom stereocenters. The first-order valence-corrected chi connectivity index (χ1v) is 11.5. The molecule has 0 amide bonds. The lowest BCUT2D eigenvalue weighted by molar-refractivity contribution is 0.0685. The van der Waals surface area contributed by atoms with E-state index in [4.69, 9.17) is 0 Å². The molecule has 2 aromatic carbocycles. The first-order valence-electron chi connectivity index (χ1n) is 11.5. The van der Waals surface area contributed by atoms with Gasteiger partial charge < -0.3 is 10.2 Å². The molecule has 2 N–H and O–H groups in total. The van der Waals surface area contributed by atoms with Gasteiger partial charge in [0.1, 0.15) is 0 Å². The molecule has 4 heteroatoms. The zero-order chi connectivity index (χ0) is 24.4. The summed E-state index contributed by atoms with van der Waals surface area (Å²) in [5, 5.41) is 19.6. The van der Waals surface area contributed by atoms with Crippen molar-refractivity contribution in [2.75, 3.05) is 0 Å². The summed E-state index contributed by atoms with van der Waals surface area (Å²) in [6.07, 6.45) is 5.28. The third-order valence-corrected chi connectivity index (χ3v) is 5.67. The van der Waals surface area contributed by atoms with Gasteiger partial charge in [-0.15, -0.1) is 0 Å². The SMILES string of the molecule is CCCCC#Cc1c(C(=O)O)cccc1C(C)(C)c1cccc(C(=O)O)c1C#CCCCC. The summed E-state index contributed by atoms with van der Waals surface area (Å²) in [4.78, 5) is 23.9. The second kappa shape index (κ2) is 11.9. The minimum atomic E-state index is -1.04. The van der Waals surface area contributed by atoms with Crippen molar-refractivity contribution in [3.63, 3.8) is 0 Å². The molecule has 172 valence electrons. The highest BCUT2D eigenvalue weighted by molar-refractivity contribution is 5.93.